The largest absolute Gasteiger partial charge is 0.480 e. The summed E-state index contributed by atoms with van der Waals surface area (Å²) in [6.07, 6.45) is 2.23. The molecule has 0 atom stereocenters. The van der Waals surface area contributed by atoms with Gasteiger partial charge in [0.15, 0.2) is 0 Å². The number of nitrogens with one attached hydrogen (secondary N) is 1. The molecule has 0 amide bonds. The van der Waals surface area contributed by atoms with Gasteiger partial charge in [0.05, 0.1) is 0 Å². The van der Waals surface area contributed by atoms with Gasteiger partial charge in [0.25, 0.3) is 0 Å². The van der Waals surface area contributed by atoms with E-state index in [9.17, 15) is 4.79 Å². The molecule has 3 nitrogen and oxygen atoms in total. The average Bonchev–Trinajstić information content (AvgIpc) is 2.79. The van der Waals surface area contributed by atoms with Crippen molar-refractivity contribution >= 4 is 5.97 Å². The van der Waals surface area contributed by atoms with Crippen LogP contribution in [0.3, 0.4) is 0 Å². The Labute approximate surface area is 72.2 Å². The van der Waals surface area contributed by atoms with E-state index in [1.807, 2.05) is 0 Å². The molecule has 12 heavy (non-hydrogen) atoms. The number of carboxylic acids is 1. The van der Waals surface area contributed by atoms with E-state index in [1.54, 1.807) is 6.92 Å². The Morgan fingerprint density at radius 2 is 2.33 bits per heavy atom. The monoisotopic (exact) mass is 167 g/mol. The highest BCUT2D eigenvalue weighted by Crippen LogP contribution is 2.35. The van der Waals surface area contributed by atoms with Crippen molar-refractivity contribution in [2.45, 2.75) is 31.7 Å². The number of rotatable bonds is 4. The van der Waals surface area contributed by atoms with Crippen LogP contribution in [0.2, 0.25) is 0 Å². The Balaban J connectivity index is 2.21. The fourth-order valence-corrected chi connectivity index (χ4v) is 1.08. The molecule has 3 heteroatoms. The van der Waals surface area contributed by atoms with Crippen LogP contribution in [0.4, 0.5) is 0 Å². The molecule has 0 bridgehead atoms. The lowest BCUT2D eigenvalue weighted by Gasteiger charge is -2.09. The summed E-state index contributed by atoms with van der Waals surface area (Å²) in [5.74, 6) is 4.92. The van der Waals surface area contributed by atoms with Gasteiger partial charge in [-0.2, -0.15) is 0 Å². The fourth-order valence-electron chi connectivity index (χ4n) is 1.08. The van der Waals surface area contributed by atoms with E-state index >= 15 is 0 Å². The minimum Gasteiger partial charge on any atom is -0.480 e. The molecule has 0 aromatic rings. The van der Waals surface area contributed by atoms with Crippen LogP contribution in [0.25, 0.3) is 0 Å². The molecule has 0 heterocycles. The maximum Gasteiger partial charge on any atom is 0.323 e. The van der Waals surface area contributed by atoms with E-state index in [0.29, 0.717) is 6.54 Å². The van der Waals surface area contributed by atoms with Crippen LogP contribution in [0.15, 0.2) is 0 Å². The summed E-state index contributed by atoms with van der Waals surface area (Å²) in [6.45, 7) is 2.46. The summed E-state index contributed by atoms with van der Waals surface area (Å²) in [5.41, 5.74) is -0.602. The van der Waals surface area contributed by atoms with Gasteiger partial charge in [0.1, 0.15) is 5.54 Å². The summed E-state index contributed by atoms with van der Waals surface area (Å²) < 4.78 is 0. The lowest BCUT2D eigenvalue weighted by molar-refractivity contribution is -0.140. The van der Waals surface area contributed by atoms with Gasteiger partial charge in [0.2, 0.25) is 0 Å². The molecular formula is C9H13NO2. The van der Waals surface area contributed by atoms with Crippen LogP contribution >= 0.6 is 0 Å². The van der Waals surface area contributed by atoms with Gasteiger partial charge in [-0.3, -0.25) is 4.79 Å². The standard InChI is InChI=1S/C9H13NO2/c1-2-3-4-7-10-9(5-6-9)8(11)12/h10H,4-7H2,1H3,(H,11,12). The lowest BCUT2D eigenvalue weighted by Crippen LogP contribution is -2.39. The van der Waals surface area contributed by atoms with Crippen molar-refractivity contribution in [1.82, 2.24) is 5.32 Å². The van der Waals surface area contributed by atoms with Crippen LogP contribution < -0.4 is 5.32 Å². The molecule has 0 aliphatic heterocycles. The Morgan fingerprint density at radius 1 is 1.67 bits per heavy atom. The summed E-state index contributed by atoms with van der Waals surface area (Å²) >= 11 is 0. The van der Waals surface area contributed by atoms with Gasteiger partial charge in [0, 0.05) is 13.0 Å². The van der Waals surface area contributed by atoms with Gasteiger partial charge >= 0.3 is 5.97 Å². The maximum atomic E-state index is 10.6. The molecule has 1 fully saturated rings. The minimum atomic E-state index is -0.730. The van der Waals surface area contributed by atoms with Crippen molar-refractivity contribution < 1.29 is 9.90 Å². The molecule has 0 radical (unpaired) electrons. The second-order valence-corrected chi connectivity index (χ2v) is 2.99. The molecule has 1 aliphatic rings. The Kier molecular flexibility index (Phi) is 2.72. The molecule has 0 saturated heterocycles. The van der Waals surface area contributed by atoms with Gasteiger partial charge in [-0.1, -0.05) is 0 Å². The topological polar surface area (TPSA) is 49.3 Å². The summed E-state index contributed by atoms with van der Waals surface area (Å²) in [6, 6.07) is 0. The molecule has 2 N–H and O–H groups in total. The first-order valence-electron chi connectivity index (χ1n) is 4.09. The predicted molar refractivity (Wildman–Crippen MR) is 45.7 cm³/mol. The molecule has 1 rings (SSSR count). The highest BCUT2D eigenvalue weighted by molar-refractivity contribution is 5.82. The molecule has 66 valence electrons. The van der Waals surface area contributed by atoms with E-state index in [0.717, 1.165) is 19.3 Å². The van der Waals surface area contributed by atoms with E-state index in [1.165, 1.54) is 0 Å². The molecule has 0 aromatic heterocycles. The van der Waals surface area contributed by atoms with Crippen LogP contribution in [0, 0.1) is 11.8 Å². The van der Waals surface area contributed by atoms with Gasteiger partial charge in [-0.15, -0.1) is 11.8 Å². The first-order chi connectivity index (χ1) is 5.71. The first kappa shape index (κ1) is 9.08. The Morgan fingerprint density at radius 3 is 2.75 bits per heavy atom. The van der Waals surface area contributed by atoms with E-state index in [-0.39, 0.29) is 0 Å². The van der Waals surface area contributed by atoms with Gasteiger partial charge in [-0.25, -0.2) is 0 Å². The van der Waals surface area contributed by atoms with E-state index in [2.05, 4.69) is 17.2 Å². The Bertz CT molecular complexity index is 233. The zero-order valence-electron chi connectivity index (χ0n) is 7.18. The van der Waals surface area contributed by atoms with Crippen LogP contribution in [0.5, 0.6) is 0 Å². The van der Waals surface area contributed by atoms with Crippen molar-refractivity contribution in [2.75, 3.05) is 6.54 Å². The third-order valence-electron chi connectivity index (χ3n) is 2.05. The highest BCUT2D eigenvalue weighted by atomic mass is 16.4. The lowest BCUT2D eigenvalue weighted by atomic mass is 10.2. The molecule has 0 unspecified atom stereocenters. The average molecular weight is 167 g/mol. The smallest absolute Gasteiger partial charge is 0.323 e. The number of aliphatic carboxylic acids is 1. The summed E-state index contributed by atoms with van der Waals surface area (Å²) in [5, 5.41) is 11.8. The molecule has 0 spiro atoms. The van der Waals surface area contributed by atoms with Crippen molar-refractivity contribution in [3.05, 3.63) is 0 Å². The second-order valence-electron chi connectivity index (χ2n) is 2.99. The van der Waals surface area contributed by atoms with Crippen LogP contribution in [0.1, 0.15) is 26.2 Å². The van der Waals surface area contributed by atoms with E-state index < -0.39 is 11.5 Å². The summed E-state index contributed by atoms with van der Waals surface area (Å²) in [4.78, 5) is 10.6. The first-order valence-corrected chi connectivity index (χ1v) is 4.09. The molecular weight excluding hydrogens is 154 g/mol. The quantitative estimate of drug-likeness (QED) is 0.476. The molecule has 1 saturated carbocycles. The zero-order chi connectivity index (χ0) is 9.03. The van der Waals surface area contributed by atoms with Crippen LogP contribution in [-0.4, -0.2) is 23.2 Å². The minimum absolute atomic E-state index is 0.602. The normalized spacial score (nSPS) is 17.8. The number of carbonyl (C=O) groups is 1. The molecule has 1 aliphatic carbocycles. The third-order valence-corrected chi connectivity index (χ3v) is 2.05. The highest BCUT2D eigenvalue weighted by Gasteiger charge is 2.49. The Hall–Kier alpha value is -1.01. The number of hydrogen-bond acceptors (Lipinski definition) is 2. The van der Waals surface area contributed by atoms with Crippen molar-refractivity contribution in [3.63, 3.8) is 0 Å². The third kappa shape index (κ3) is 1.99. The van der Waals surface area contributed by atoms with Gasteiger partial charge in [-0.05, 0) is 19.8 Å². The number of carboxylic acid groups (broad SMARTS) is 1. The molecule has 0 aromatic carbocycles. The second kappa shape index (κ2) is 3.59. The van der Waals surface area contributed by atoms with Crippen molar-refractivity contribution in [1.29, 1.82) is 0 Å². The fraction of sp³-hybridized carbons (Fsp3) is 0.667. The van der Waals surface area contributed by atoms with Gasteiger partial charge < -0.3 is 10.4 Å². The van der Waals surface area contributed by atoms with Crippen molar-refractivity contribution in [2.24, 2.45) is 0 Å². The number of hydrogen-bond donors (Lipinski definition) is 2. The predicted octanol–water partition coefficient (Wildman–Crippen LogP) is 0.607. The van der Waals surface area contributed by atoms with Crippen LogP contribution in [-0.2, 0) is 4.79 Å². The van der Waals surface area contributed by atoms with Crippen molar-refractivity contribution in [3.8, 4) is 11.8 Å². The SMILES string of the molecule is CC#CCCNC1(C(=O)O)CC1. The maximum absolute atomic E-state index is 10.6. The summed E-state index contributed by atoms with van der Waals surface area (Å²) in [7, 11) is 0. The van der Waals surface area contributed by atoms with E-state index in [4.69, 9.17) is 5.11 Å². The zero-order valence-corrected chi connectivity index (χ0v) is 7.18.